The van der Waals surface area contributed by atoms with Gasteiger partial charge in [-0.2, -0.15) is 0 Å². The van der Waals surface area contributed by atoms with Crippen LogP contribution in [0.5, 0.6) is 0 Å². The molecule has 1 heteroatoms. The van der Waals surface area contributed by atoms with Crippen LogP contribution >= 0.6 is 11.8 Å². The first-order valence-electron chi connectivity index (χ1n) is 3.24. The van der Waals surface area contributed by atoms with Crippen LogP contribution in [0.2, 0.25) is 0 Å². The van der Waals surface area contributed by atoms with Crippen LogP contribution in [-0.2, 0) is 0 Å². The van der Waals surface area contributed by atoms with Gasteiger partial charge in [0.15, 0.2) is 0 Å². The molecule has 0 radical (unpaired) electrons. The maximum Gasteiger partial charge on any atom is 0.0502 e. The van der Waals surface area contributed by atoms with Crippen molar-refractivity contribution in [1.82, 2.24) is 0 Å². The Hall–Kier alpha value is -0.170. The van der Waals surface area contributed by atoms with Crippen LogP contribution in [0.3, 0.4) is 0 Å². The van der Waals surface area contributed by atoms with E-state index in [-0.39, 0.29) is 0 Å². The van der Waals surface area contributed by atoms with Crippen LogP contribution in [0.1, 0.15) is 13.8 Å². The summed E-state index contributed by atoms with van der Waals surface area (Å²) in [6.07, 6.45) is 8.86. The van der Waals surface area contributed by atoms with Gasteiger partial charge in [0.2, 0.25) is 0 Å². The Balaban J connectivity index is 2.40. The van der Waals surface area contributed by atoms with Gasteiger partial charge in [-0.3, -0.25) is 0 Å². The zero-order chi connectivity index (χ0) is 6.54. The van der Waals surface area contributed by atoms with Crippen LogP contribution < -0.4 is 0 Å². The highest BCUT2D eigenvalue weighted by Crippen LogP contribution is 2.66. The molecule has 0 spiro atoms. The Morgan fingerprint density at radius 3 is 1.78 bits per heavy atom. The van der Waals surface area contributed by atoms with Gasteiger partial charge >= 0.3 is 0 Å². The highest BCUT2D eigenvalue weighted by molar-refractivity contribution is 8.10. The van der Waals surface area contributed by atoms with Crippen LogP contribution in [0.4, 0.5) is 0 Å². The van der Waals surface area contributed by atoms with E-state index >= 15 is 0 Å². The molecule has 0 nitrogen and oxygen atoms in total. The maximum absolute atomic E-state index is 2.29. The van der Waals surface area contributed by atoms with Crippen molar-refractivity contribution in [3.05, 3.63) is 24.3 Å². The molecule has 1 aliphatic carbocycles. The number of fused-ring (bicyclic) bond motifs is 1. The fraction of sp³-hybridized carbons (Fsp3) is 0.500. The summed E-state index contributed by atoms with van der Waals surface area (Å²) >= 11 is 2.03. The minimum absolute atomic E-state index is 0.432. The van der Waals surface area contributed by atoms with Gasteiger partial charge in [0, 0.05) is 0 Å². The summed E-state index contributed by atoms with van der Waals surface area (Å²) in [7, 11) is 0. The molecule has 2 atom stereocenters. The summed E-state index contributed by atoms with van der Waals surface area (Å²) in [5, 5.41) is 0. The Bertz CT molecular complexity index is 183. The zero-order valence-electron chi connectivity index (χ0n) is 5.72. The van der Waals surface area contributed by atoms with Gasteiger partial charge in [-0.25, -0.2) is 0 Å². The van der Waals surface area contributed by atoms with Crippen molar-refractivity contribution in [2.75, 3.05) is 0 Å². The van der Waals surface area contributed by atoms with E-state index in [1.807, 2.05) is 11.8 Å². The molecule has 2 aliphatic rings. The lowest BCUT2D eigenvalue weighted by molar-refractivity contribution is 0.756. The summed E-state index contributed by atoms with van der Waals surface area (Å²) < 4.78 is 0.865. The lowest BCUT2D eigenvalue weighted by atomic mass is 9.92. The summed E-state index contributed by atoms with van der Waals surface area (Å²) in [6, 6.07) is 0. The molecule has 1 aliphatic heterocycles. The van der Waals surface area contributed by atoms with Crippen molar-refractivity contribution < 1.29 is 0 Å². The molecule has 9 heavy (non-hydrogen) atoms. The third-order valence-electron chi connectivity index (χ3n) is 2.31. The minimum Gasteiger partial charge on any atom is -0.137 e. The molecule has 0 saturated carbocycles. The van der Waals surface area contributed by atoms with Crippen molar-refractivity contribution in [3.63, 3.8) is 0 Å². The van der Waals surface area contributed by atoms with E-state index in [0.717, 1.165) is 0 Å². The maximum atomic E-state index is 2.29. The molecule has 48 valence electrons. The van der Waals surface area contributed by atoms with Gasteiger partial charge in [0.05, 0.1) is 9.49 Å². The largest absolute Gasteiger partial charge is 0.137 e. The molecule has 0 aromatic rings. The third kappa shape index (κ3) is 0.558. The van der Waals surface area contributed by atoms with Gasteiger partial charge in [-0.15, -0.1) is 11.8 Å². The molecule has 0 bridgehead atoms. The second kappa shape index (κ2) is 1.29. The van der Waals surface area contributed by atoms with Crippen molar-refractivity contribution in [3.8, 4) is 0 Å². The van der Waals surface area contributed by atoms with Crippen molar-refractivity contribution in [2.24, 2.45) is 0 Å². The standard InChI is InChI=1S/C8H10S/c1-7-5-3-4-6-8(7,2)9-7/h3-6H,1-2H3. The van der Waals surface area contributed by atoms with E-state index in [2.05, 4.69) is 38.2 Å². The average molecular weight is 138 g/mol. The number of hydrogen-bond donors (Lipinski definition) is 0. The first kappa shape index (κ1) is 5.60. The summed E-state index contributed by atoms with van der Waals surface area (Å²) in [5.74, 6) is 0. The quantitative estimate of drug-likeness (QED) is 0.463. The monoisotopic (exact) mass is 138 g/mol. The number of thioether (sulfide) groups is 1. The predicted octanol–water partition coefficient (Wildman–Crippen LogP) is 2.38. The van der Waals surface area contributed by atoms with E-state index < -0.39 is 0 Å². The summed E-state index contributed by atoms with van der Waals surface area (Å²) in [6.45, 7) is 4.58. The van der Waals surface area contributed by atoms with Gasteiger partial charge < -0.3 is 0 Å². The fourth-order valence-corrected chi connectivity index (χ4v) is 2.55. The highest BCUT2D eigenvalue weighted by atomic mass is 32.2. The number of hydrogen-bond acceptors (Lipinski definition) is 1. The fourth-order valence-electron chi connectivity index (χ4n) is 1.29. The number of rotatable bonds is 0. The van der Waals surface area contributed by atoms with E-state index in [1.165, 1.54) is 0 Å². The van der Waals surface area contributed by atoms with E-state index in [4.69, 9.17) is 0 Å². The highest BCUT2D eigenvalue weighted by Gasteiger charge is 2.59. The van der Waals surface area contributed by atoms with Crippen molar-refractivity contribution in [1.29, 1.82) is 0 Å². The van der Waals surface area contributed by atoms with E-state index in [0.29, 0.717) is 9.49 Å². The smallest absolute Gasteiger partial charge is 0.0502 e. The normalized spacial score (nSPS) is 53.1. The van der Waals surface area contributed by atoms with Crippen LogP contribution in [-0.4, -0.2) is 9.49 Å². The molecule has 0 amide bonds. The molecule has 1 heterocycles. The van der Waals surface area contributed by atoms with Crippen LogP contribution in [0.15, 0.2) is 24.3 Å². The van der Waals surface area contributed by atoms with E-state index in [9.17, 15) is 0 Å². The molecular formula is C8H10S. The number of allylic oxidation sites excluding steroid dienone is 2. The topological polar surface area (TPSA) is 0 Å². The Labute approximate surface area is 60.0 Å². The second-order valence-electron chi connectivity index (χ2n) is 3.03. The average Bonchev–Trinajstić information content (AvgIpc) is 2.33. The minimum atomic E-state index is 0.432. The van der Waals surface area contributed by atoms with Crippen molar-refractivity contribution >= 4 is 11.8 Å². The van der Waals surface area contributed by atoms with Gasteiger partial charge in [-0.05, 0) is 13.8 Å². The second-order valence-corrected chi connectivity index (χ2v) is 4.93. The van der Waals surface area contributed by atoms with Crippen LogP contribution in [0, 0.1) is 0 Å². The zero-order valence-corrected chi connectivity index (χ0v) is 6.53. The van der Waals surface area contributed by atoms with Gasteiger partial charge in [-0.1, -0.05) is 24.3 Å². The lowest BCUT2D eigenvalue weighted by Crippen LogP contribution is -2.16. The third-order valence-corrected chi connectivity index (χ3v) is 4.07. The molecule has 0 N–H and O–H groups in total. The van der Waals surface area contributed by atoms with Crippen LogP contribution in [0.25, 0.3) is 0 Å². The molecule has 1 saturated heterocycles. The predicted molar refractivity (Wildman–Crippen MR) is 42.7 cm³/mol. The Morgan fingerprint density at radius 2 is 1.44 bits per heavy atom. The molecular weight excluding hydrogens is 128 g/mol. The Morgan fingerprint density at radius 1 is 1.00 bits per heavy atom. The molecule has 1 fully saturated rings. The van der Waals surface area contributed by atoms with Crippen molar-refractivity contribution in [2.45, 2.75) is 23.3 Å². The molecule has 2 rings (SSSR count). The molecule has 0 aromatic carbocycles. The first-order chi connectivity index (χ1) is 4.16. The lowest BCUT2D eigenvalue weighted by Gasteiger charge is -2.09. The summed E-state index contributed by atoms with van der Waals surface area (Å²) in [4.78, 5) is 0. The van der Waals surface area contributed by atoms with Gasteiger partial charge in [0.25, 0.3) is 0 Å². The SMILES string of the molecule is CC12C=CC=CC1(C)S2. The van der Waals surface area contributed by atoms with Gasteiger partial charge in [0.1, 0.15) is 0 Å². The molecule has 2 unspecified atom stereocenters. The van der Waals surface area contributed by atoms with E-state index in [1.54, 1.807) is 0 Å². The first-order valence-corrected chi connectivity index (χ1v) is 4.05. The summed E-state index contributed by atoms with van der Waals surface area (Å²) in [5.41, 5.74) is 0. The molecule has 0 aromatic heterocycles. The Kier molecular flexibility index (Phi) is 0.803.